The largest absolute Gasteiger partial charge is 0.444 e. The number of ether oxygens (including phenoxy) is 1. The van der Waals surface area contributed by atoms with Gasteiger partial charge in [-0.2, -0.15) is 0 Å². The average molecular weight is 325 g/mol. The van der Waals surface area contributed by atoms with Crippen LogP contribution in [0.3, 0.4) is 0 Å². The van der Waals surface area contributed by atoms with E-state index in [1.807, 2.05) is 20.8 Å². The first kappa shape index (κ1) is 18.5. The van der Waals surface area contributed by atoms with Gasteiger partial charge in [-0.3, -0.25) is 0 Å². The quantitative estimate of drug-likeness (QED) is 0.673. The molecule has 1 saturated carbocycles. The number of hydrogen-bond donors (Lipinski definition) is 3. The van der Waals surface area contributed by atoms with Crippen molar-refractivity contribution in [1.82, 2.24) is 16.0 Å². The minimum absolute atomic E-state index is 0.187. The molecule has 5 nitrogen and oxygen atoms in total. The summed E-state index contributed by atoms with van der Waals surface area (Å²) < 4.78 is 5.39. The standard InChI is InChI=1S/C18H35N3O2/c1-13(11-15-7-5-6-10-19-15)20-12-16(14-8-9-14)21-17(22)23-18(2,3)4/h13-16,19-20H,5-12H2,1-4H3,(H,21,22). The van der Waals surface area contributed by atoms with Crippen molar-refractivity contribution in [2.45, 2.75) is 89.9 Å². The number of nitrogens with one attached hydrogen (secondary N) is 3. The third-order valence-electron chi connectivity index (χ3n) is 4.63. The minimum Gasteiger partial charge on any atom is -0.444 e. The number of hydrogen-bond acceptors (Lipinski definition) is 4. The predicted octanol–water partition coefficient (Wildman–Crippen LogP) is 2.80. The summed E-state index contributed by atoms with van der Waals surface area (Å²) in [5, 5.41) is 10.3. The molecule has 0 aromatic rings. The Balaban J connectivity index is 1.70. The molecule has 0 aromatic carbocycles. The van der Waals surface area contributed by atoms with E-state index < -0.39 is 5.60 Å². The second-order valence-electron chi connectivity index (χ2n) is 8.28. The molecule has 1 aliphatic carbocycles. The van der Waals surface area contributed by atoms with Crippen molar-refractivity contribution in [3.8, 4) is 0 Å². The Labute approximate surface area is 141 Å². The van der Waals surface area contributed by atoms with Crippen LogP contribution in [0.1, 0.15) is 66.2 Å². The van der Waals surface area contributed by atoms with Gasteiger partial charge >= 0.3 is 6.09 Å². The average Bonchev–Trinajstić information content (AvgIpc) is 3.27. The van der Waals surface area contributed by atoms with Crippen LogP contribution in [0.15, 0.2) is 0 Å². The van der Waals surface area contributed by atoms with E-state index in [1.165, 1.54) is 32.1 Å². The number of carbonyl (C=O) groups excluding carboxylic acids is 1. The van der Waals surface area contributed by atoms with Crippen molar-refractivity contribution in [2.75, 3.05) is 13.1 Å². The SMILES string of the molecule is CC(CC1CCCCN1)NCC(NC(=O)OC(C)(C)C)C1CC1. The van der Waals surface area contributed by atoms with Crippen molar-refractivity contribution in [1.29, 1.82) is 0 Å². The molecule has 0 aromatic heterocycles. The molecule has 0 radical (unpaired) electrons. The number of amides is 1. The highest BCUT2D eigenvalue weighted by Gasteiger charge is 2.33. The molecule has 23 heavy (non-hydrogen) atoms. The summed E-state index contributed by atoms with van der Waals surface area (Å²) in [4.78, 5) is 12.0. The Morgan fingerprint density at radius 2 is 2.00 bits per heavy atom. The third-order valence-corrected chi connectivity index (χ3v) is 4.63. The molecule has 1 aliphatic heterocycles. The fourth-order valence-electron chi connectivity index (χ4n) is 3.26. The normalized spacial score (nSPS) is 24.8. The van der Waals surface area contributed by atoms with E-state index in [0.29, 0.717) is 18.0 Å². The van der Waals surface area contributed by atoms with Gasteiger partial charge in [-0.05, 0) is 72.3 Å². The maximum Gasteiger partial charge on any atom is 0.407 e. The Bertz CT molecular complexity index is 371. The summed E-state index contributed by atoms with van der Waals surface area (Å²) in [5.74, 6) is 0.607. The molecule has 3 atom stereocenters. The molecule has 1 amide bonds. The highest BCUT2D eigenvalue weighted by atomic mass is 16.6. The van der Waals surface area contributed by atoms with Gasteiger partial charge in [0.1, 0.15) is 5.60 Å². The lowest BCUT2D eigenvalue weighted by Gasteiger charge is -2.28. The zero-order valence-electron chi connectivity index (χ0n) is 15.3. The van der Waals surface area contributed by atoms with E-state index in [1.54, 1.807) is 0 Å². The molecule has 3 unspecified atom stereocenters. The summed E-state index contributed by atoms with van der Waals surface area (Å²) >= 11 is 0. The van der Waals surface area contributed by atoms with Crippen LogP contribution < -0.4 is 16.0 Å². The number of alkyl carbamates (subject to hydrolysis) is 1. The summed E-state index contributed by atoms with van der Waals surface area (Å²) in [6.45, 7) is 9.93. The molecule has 5 heteroatoms. The van der Waals surface area contributed by atoms with Crippen LogP contribution in [0.25, 0.3) is 0 Å². The van der Waals surface area contributed by atoms with Gasteiger partial charge in [0.05, 0.1) is 0 Å². The van der Waals surface area contributed by atoms with Gasteiger partial charge in [0.15, 0.2) is 0 Å². The lowest BCUT2D eigenvalue weighted by Crippen LogP contribution is -2.48. The van der Waals surface area contributed by atoms with Crippen LogP contribution in [-0.4, -0.2) is 42.9 Å². The van der Waals surface area contributed by atoms with Gasteiger partial charge in [-0.15, -0.1) is 0 Å². The lowest BCUT2D eigenvalue weighted by atomic mass is 9.98. The molecule has 1 saturated heterocycles. The molecule has 3 N–H and O–H groups in total. The van der Waals surface area contributed by atoms with E-state index in [0.717, 1.165) is 19.5 Å². The monoisotopic (exact) mass is 325 g/mol. The molecule has 134 valence electrons. The zero-order chi connectivity index (χ0) is 16.9. The fourth-order valence-corrected chi connectivity index (χ4v) is 3.26. The lowest BCUT2D eigenvalue weighted by molar-refractivity contribution is 0.0496. The molecule has 1 heterocycles. The Morgan fingerprint density at radius 3 is 2.57 bits per heavy atom. The van der Waals surface area contributed by atoms with E-state index in [-0.39, 0.29) is 12.1 Å². The second-order valence-corrected chi connectivity index (χ2v) is 8.28. The Hall–Kier alpha value is -0.810. The van der Waals surface area contributed by atoms with Gasteiger partial charge in [-0.1, -0.05) is 6.42 Å². The van der Waals surface area contributed by atoms with E-state index in [2.05, 4.69) is 22.9 Å². The van der Waals surface area contributed by atoms with Gasteiger partial charge in [0.2, 0.25) is 0 Å². The first-order chi connectivity index (χ1) is 10.8. The first-order valence-corrected chi connectivity index (χ1v) is 9.30. The van der Waals surface area contributed by atoms with Crippen LogP contribution >= 0.6 is 0 Å². The molecular weight excluding hydrogens is 290 g/mol. The van der Waals surface area contributed by atoms with Gasteiger partial charge in [0, 0.05) is 24.7 Å². The summed E-state index contributed by atoms with van der Waals surface area (Å²) in [5.41, 5.74) is -0.439. The van der Waals surface area contributed by atoms with Crippen LogP contribution in [0.5, 0.6) is 0 Å². The van der Waals surface area contributed by atoms with E-state index >= 15 is 0 Å². The molecule has 2 aliphatic rings. The number of piperidine rings is 1. The smallest absolute Gasteiger partial charge is 0.407 e. The van der Waals surface area contributed by atoms with Crippen LogP contribution in [0.4, 0.5) is 4.79 Å². The number of rotatable bonds is 7. The summed E-state index contributed by atoms with van der Waals surface area (Å²) in [7, 11) is 0. The van der Waals surface area contributed by atoms with Crippen molar-refractivity contribution in [3.05, 3.63) is 0 Å². The first-order valence-electron chi connectivity index (χ1n) is 9.30. The third kappa shape index (κ3) is 7.53. The summed E-state index contributed by atoms with van der Waals surface area (Å²) in [6.07, 6.45) is 7.22. The van der Waals surface area contributed by atoms with Crippen molar-refractivity contribution in [2.24, 2.45) is 5.92 Å². The van der Waals surface area contributed by atoms with E-state index in [9.17, 15) is 4.79 Å². The number of carbonyl (C=O) groups is 1. The molecular formula is C18H35N3O2. The predicted molar refractivity (Wildman–Crippen MR) is 93.6 cm³/mol. The van der Waals surface area contributed by atoms with Crippen LogP contribution in [0, 0.1) is 5.92 Å². The van der Waals surface area contributed by atoms with Crippen molar-refractivity contribution >= 4 is 6.09 Å². The van der Waals surface area contributed by atoms with Crippen molar-refractivity contribution in [3.63, 3.8) is 0 Å². The Kier molecular flexibility index (Phi) is 6.72. The van der Waals surface area contributed by atoms with Crippen LogP contribution in [-0.2, 0) is 4.74 Å². The topological polar surface area (TPSA) is 62.4 Å². The minimum atomic E-state index is -0.439. The maximum absolute atomic E-state index is 12.0. The van der Waals surface area contributed by atoms with E-state index in [4.69, 9.17) is 4.74 Å². The molecule has 2 fully saturated rings. The molecule has 2 rings (SSSR count). The zero-order valence-corrected chi connectivity index (χ0v) is 15.3. The highest BCUT2D eigenvalue weighted by molar-refractivity contribution is 5.68. The van der Waals surface area contributed by atoms with Gasteiger partial charge in [-0.25, -0.2) is 4.79 Å². The van der Waals surface area contributed by atoms with Gasteiger partial charge < -0.3 is 20.7 Å². The van der Waals surface area contributed by atoms with Gasteiger partial charge in [0.25, 0.3) is 0 Å². The second kappa shape index (κ2) is 8.34. The highest BCUT2D eigenvalue weighted by Crippen LogP contribution is 2.32. The van der Waals surface area contributed by atoms with Crippen molar-refractivity contribution < 1.29 is 9.53 Å². The summed E-state index contributed by atoms with van der Waals surface area (Å²) in [6, 6.07) is 1.29. The molecule has 0 spiro atoms. The van der Waals surface area contributed by atoms with Crippen LogP contribution in [0.2, 0.25) is 0 Å². The maximum atomic E-state index is 12.0. The fraction of sp³-hybridized carbons (Fsp3) is 0.944. The molecule has 0 bridgehead atoms. The Morgan fingerprint density at radius 1 is 1.26 bits per heavy atom.